The van der Waals surface area contributed by atoms with Crippen molar-refractivity contribution in [3.8, 4) is 0 Å². The third-order valence-electron chi connectivity index (χ3n) is 2.81. The second-order valence-electron chi connectivity index (χ2n) is 5.04. The zero-order valence-electron chi connectivity index (χ0n) is 11.1. The maximum Gasteiger partial charge on any atom is 0.264 e. The molecule has 0 aliphatic rings. The van der Waals surface area contributed by atoms with Crippen LogP contribution >= 0.6 is 27.5 Å². The summed E-state index contributed by atoms with van der Waals surface area (Å²) in [6, 6.07) is 0. The average Bonchev–Trinajstić information content (AvgIpc) is 2.82. The van der Waals surface area contributed by atoms with E-state index in [1.54, 1.807) is 0 Å². The highest BCUT2D eigenvalue weighted by Crippen LogP contribution is 2.22. The highest BCUT2D eigenvalue weighted by molar-refractivity contribution is 9.09. The molecule has 1 amide bonds. The molecule has 1 rings (SSSR count). The van der Waals surface area contributed by atoms with Crippen molar-refractivity contribution in [2.75, 3.05) is 11.9 Å². The van der Waals surface area contributed by atoms with Crippen molar-refractivity contribution < 1.29 is 4.79 Å². The van der Waals surface area contributed by atoms with Crippen LogP contribution in [0.15, 0.2) is 0 Å². The van der Waals surface area contributed by atoms with Crippen molar-refractivity contribution in [3.05, 3.63) is 10.6 Å². The number of nitrogens with one attached hydrogen (secondary N) is 1. The number of carbonyl (C=O) groups is 1. The van der Waals surface area contributed by atoms with Gasteiger partial charge in [0.2, 0.25) is 0 Å². The summed E-state index contributed by atoms with van der Waals surface area (Å²) in [6.07, 6.45) is 2.94. The Morgan fingerprint density at radius 2 is 2.22 bits per heavy atom. The molecule has 0 aliphatic heterocycles. The first kappa shape index (κ1) is 15.6. The zero-order chi connectivity index (χ0) is 13.6. The second-order valence-corrected chi connectivity index (χ2v) is 6.59. The molecule has 4 nitrogen and oxygen atoms in total. The molecule has 0 unspecified atom stereocenters. The number of halogens is 1. The Hall–Kier alpha value is -0.490. The summed E-state index contributed by atoms with van der Waals surface area (Å²) in [5, 5.41) is 7.94. The van der Waals surface area contributed by atoms with Crippen LogP contribution in [0.2, 0.25) is 0 Å². The number of nitrogens with zero attached hydrogens (tertiary/aromatic N) is 2. The summed E-state index contributed by atoms with van der Waals surface area (Å²) >= 11 is 4.60. The summed E-state index contributed by atoms with van der Waals surface area (Å²) in [7, 11) is 0. The van der Waals surface area contributed by atoms with Crippen molar-refractivity contribution in [3.63, 3.8) is 0 Å². The van der Waals surface area contributed by atoms with Gasteiger partial charge in [-0.15, -0.1) is 5.10 Å². The highest BCUT2D eigenvalue weighted by Gasteiger charge is 2.20. The predicted molar refractivity (Wildman–Crippen MR) is 78.4 cm³/mol. The lowest BCUT2D eigenvalue weighted by molar-refractivity contribution is 0.0937. The maximum atomic E-state index is 12.0. The Labute approximate surface area is 121 Å². The minimum atomic E-state index is -0.0474. The van der Waals surface area contributed by atoms with Crippen LogP contribution in [0.5, 0.6) is 0 Å². The fourth-order valence-corrected chi connectivity index (χ4v) is 2.59. The Bertz CT molecular complexity index is 392. The summed E-state index contributed by atoms with van der Waals surface area (Å²) < 4.78 is 3.83. The molecule has 1 heterocycles. The first-order chi connectivity index (χ1) is 8.50. The Morgan fingerprint density at radius 1 is 1.50 bits per heavy atom. The third kappa shape index (κ3) is 4.65. The highest BCUT2D eigenvalue weighted by atomic mass is 79.9. The van der Waals surface area contributed by atoms with E-state index in [9.17, 15) is 4.79 Å². The van der Waals surface area contributed by atoms with E-state index < -0.39 is 0 Å². The minimum Gasteiger partial charge on any atom is -0.351 e. The minimum absolute atomic E-state index is 0.0474. The molecule has 0 fully saturated rings. The van der Waals surface area contributed by atoms with Crippen LogP contribution < -0.4 is 5.32 Å². The van der Waals surface area contributed by atoms with Crippen LogP contribution in [0.1, 0.15) is 49.0 Å². The van der Waals surface area contributed by atoms with E-state index in [0.717, 1.165) is 30.3 Å². The quantitative estimate of drug-likeness (QED) is 0.780. The molecule has 0 atom stereocenters. The molecule has 0 aromatic carbocycles. The van der Waals surface area contributed by atoms with Gasteiger partial charge in [-0.2, -0.15) is 0 Å². The Kier molecular flexibility index (Phi) is 6.21. The molecule has 18 heavy (non-hydrogen) atoms. The lowest BCUT2D eigenvalue weighted by Crippen LogP contribution is -2.34. The fourth-order valence-electron chi connectivity index (χ4n) is 1.65. The van der Waals surface area contributed by atoms with E-state index in [1.807, 2.05) is 6.92 Å². The monoisotopic (exact) mass is 333 g/mol. The molecule has 0 bridgehead atoms. The molecular formula is C12H20BrN3OS. The molecule has 0 saturated carbocycles. The van der Waals surface area contributed by atoms with Crippen molar-refractivity contribution >= 4 is 33.4 Å². The topological polar surface area (TPSA) is 54.9 Å². The van der Waals surface area contributed by atoms with Gasteiger partial charge in [-0.1, -0.05) is 41.2 Å². The largest absolute Gasteiger partial charge is 0.351 e. The van der Waals surface area contributed by atoms with Gasteiger partial charge < -0.3 is 5.32 Å². The van der Waals surface area contributed by atoms with E-state index in [2.05, 4.69) is 44.7 Å². The second kappa shape index (κ2) is 7.19. The van der Waals surface area contributed by atoms with E-state index in [-0.39, 0.29) is 11.3 Å². The van der Waals surface area contributed by atoms with Crippen LogP contribution in [0.3, 0.4) is 0 Å². The summed E-state index contributed by atoms with van der Waals surface area (Å²) in [5.74, 6) is -0.0474. The lowest BCUT2D eigenvalue weighted by Gasteiger charge is -2.24. The number of rotatable bonds is 7. The van der Waals surface area contributed by atoms with Gasteiger partial charge in [-0.05, 0) is 36.2 Å². The lowest BCUT2D eigenvalue weighted by atomic mass is 9.88. The van der Waals surface area contributed by atoms with Crippen LogP contribution in [0, 0.1) is 5.41 Å². The zero-order valence-corrected chi connectivity index (χ0v) is 13.5. The first-order valence-corrected chi connectivity index (χ1v) is 8.05. The number of amides is 1. The molecule has 0 aliphatic carbocycles. The normalized spacial score (nSPS) is 11.6. The number of hydrogen-bond donors (Lipinski definition) is 1. The summed E-state index contributed by atoms with van der Waals surface area (Å²) in [5.41, 5.74) is 0.907. The van der Waals surface area contributed by atoms with Gasteiger partial charge in [-0.25, -0.2) is 0 Å². The van der Waals surface area contributed by atoms with Gasteiger partial charge in [0.1, 0.15) is 4.88 Å². The van der Waals surface area contributed by atoms with Crippen molar-refractivity contribution in [1.29, 1.82) is 0 Å². The Morgan fingerprint density at radius 3 is 2.83 bits per heavy atom. The Balaban J connectivity index is 2.51. The number of aromatic nitrogens is 2. The van der Waals surface area contributed by atoms with E-state index in [1.165, 1.54) is 11.5 Å². The van der Waals surface area contributed by atoms with E-state index in [0.29, 0.717) is 11.4 Å². The standard InChI is InChI=1S/C12H20BrN3OS/c1-4-9-10(18-16-15-9)11(17)14-8-12(2,3)6-5-7-13/h4-8H2,1-3H3,(H,14,17). The van der Waals surface area contributed by atoms with Gasteiger partial charge in [0, 0.05) is 11.9 Å². The fraction of sp³-hybridized carbons (Fsp3) is 0.750. The molecule has 6 heteroatoms. The molecule has 1 aromatic heterocycles. The van der Waals surface area contributed by atoms with Crippen LogP contribution in [-0.2, 0) is 6.42 Å². The van der Waals surface area contributed by atoms with Crippen molar-refractivity contribution in [2.45, 2.75) is 40.0 Å². The third-order valence-corrected chi connectivity index (χ3v) is 4.14. The molecule has 1 aromatic rings. The number of aryl methyl sites for hydroxylation is 1. The molecule has 1 N–H and O–H groups in total. The average molecular weight is 334 g/mol. The SMILES string of the molecule is CCc1nnsc1C(=O)NCC(C)(C)CCCBr. The van der Waals surface area contributed by atoms with Gasteiger partial charge in [0.05, 0.1) is 5.69 Å². The molecule has 102 valence electrons. The van der Waals surface area contributed by atoms with Gasteiger partial charge in [-0.3, -0.25) is 4.79 Å². The van der Waals surface area contributed by atoms with Gasteiger partial charge >= 0.3 is 0 Å². The van der Waals surface area contributed by atoms with E-state index in [4.69, 9.17) is 0 Å². The maximum absolute atomic E-state index is 12.0. The number of hydrogen-bond acceptors (Lipinski definition) is 4. The number of carbonyl (C=O) groups excluding carboxylic acids is 1. The van der Waals surface area contributed by atoms with Gasteiger partial charge in [0.15, 0.2) is 0 Å². The predicted octanol–water partition coefficient (Wildman–Crippen LogP) is 3.03. The summed E-state index contributed by atoms with van der Waals surface area (Å²) in [4.78, 5) is 12.7. The molecule has 0 spiro atoms. The number of alkyl halides is 1. The van der Waals surface area contributed by atoms with Crippen LogP contribution in [0.25, 0.3) is 0 Å². The van der Waals surface area contributed by atoms with Crippen LogP contribution in [0.4, 0.5) is 0 Å². The molecule has 0 radical (unpaired) electrons. The van der Waals surface area contributed by atoms with E-state index >= 15 is 0 Å². The van der Waals surface area contributed by atoms with Crippen molar-refractivity contribution in [2.24, 2.45) is 5.41 Å². The van der Waals surface area contributed by atoms with Crippen LogP contribution in [-0.4, -0.2) is 27.4 Å². The smallest absolute Gasteiger partial charge is 0.264 e. The van der Waals surface area contributed by atoms with Crippen molar-refractivity contribution in [1.82, 2.24) is 14.9 Å². The molecule has 0 saturated heterocycles. The summed E-state index contributed by atoms with van der Waals surface area (Å²) in [6.45, 7) is 7.00. The first-order valence-electron chi connectivity index (χ1n) is 6.15. The molecular weight excluding hydrogens is 314 g/mol. The van der Waals surface area contributed by atoms with Gasteiger partial charge in [0.25, 0.3) is 5.91 Å².